The van der Waals surface area contributed by atoms with Gasteiger partial charge in [0.15, 0.2) is 5.65 Å². The van der Waals surface area contributed by atoms with E-state index in [-0.39, 0.29) is 17.0 Å². The number of hydrogen-bond acceptors (Lipinski definition) is 7. The molecule has 0 atom stereocenters. The molecule has 0 spiro atoms. The Morgan fingerprint density at radius 1 is 1.15 bits per heavy atom. The van der Waals surface area contributed by atoms with Crippen LogP contribution in [0, 0.1) is 0 Å². The van der Waals surface area contributed by atoms with Crippen molar-refractivity contribution in [3.8, 4) is 5.88 Å². The second kappa shape index (κ2) is 7.28. The van der Waals surface area contributed by atoms with Crippen LogP contribution in [0.4, 0.5) is 11.6 Å². The lowest BCUT2D eigenvalue weighted by Crippen LogP contribution is -2.23. The van der Waals surface area contributed by atoms with Gasteiger partial charge in [-0.05, 0) is 49.1 Å². The van der Waals surface area contributed by atoms with Crippen LogP contribution < -0.4 is 16.2 Å². The number of nitrogens with one attached hydrogen (secondary N) is 2. The van der Waals surface area contributed by atoms with Gasteiger partial charge in [0, 0.05) is 23.8 Å². The minimum absolute atomic E-state index is 0.103. The summed E-state index contributed by atoms with van der Waals surface area (Å²) in [6, 6.07) is 6.46. The van der Waals surface area contributed by atoms with E-state index in [9.17, 15) is 4.79 Å². The van der Waals surface area contributed by atoms with Gasteiger partial charge in [0.2, 0.25) is 17.7 Å². The van der Waals surface area contributed by atoms with Crippen LogP contribution in [0.1, 0.15) is 56.7 Å². The first-order valence-corrected chi connectivity index (χ1v) is 11.4. The SMILES string of the molecule is CC(C)(C)c1ncc(-n2c3nc(Nc4ccc5c(c4)CCNC5)ncc3c(=O)n2C2CC2)o1. The van der Waals surface area contributed by atoms with Crippen molar-refractivity contribution >= 4 is 22.7 Å². The Morgan fingerprint density at radius 2 is 2.00 bits per heavy atom. The minimum Gasteiger partial charge on any atom is -0.422 e. The van der Waals surface area contributed by atoms with Crippen LogP contribution in [0.25, 0.3) is 16.9 Å². The van der Waals surface area contributed by atoms with E-state index in [1.807, 2.05) is 26.8 Å². The van der Waals surface area contributed by atoms with Gasteiger partial charge in [0.05, 0.1) is 12.2 Å². The third kappa shape index (κ3) is 3.52. The Morgan fingerprint density at radius 3 is 2.76 bits per heavy atom. The van der Waals surface area contributed by atoms with Crippen LogP contribution in [-0.4, -0.2) is 30.9 Å². The summed E-state index contributed by atoms with van der Waals surface area (Å²) in [5.41, 5.74) is 3.75. The Hall–Kier alpha value is -3.46. The molecule has 9 heteroatoms. The van der Waals surface area contributed by atoms with Crippen molar-refractivity contribution in [2.24, 2.45) is 0 Å². The van der Waals surface area contributed by atoms with Crippen molar-refractivity contribution in [3.05, 3.63) is 58.0 Å². The number of aromatic nitrogens is 5. The molecular formula is C24H27N7O2. The molecule has 0 bridgehead atoms. The highest BCUT2D eigenvalue weighted by molar-refractivity contribution is 5.77. The van der Waals surface area contributed by atoms with Crippen LogP contribution in [0.3, 0.4) is 0 Å². The molecule has 4 aromatic rings. The summed E-state index contributed by atoms with van der Waals surface area (Å²) >= 11 is 0. The largest absolute Gasteiger partial charge is 0.422 e. The number of hydrogen-bond donors (Lipinski definition) is 2. The average Bonchev–Trinajstić information content (AvgIpc) is 3.42. The first-order valence-electron chi connectivity index (χ1n) is 11.4. The first kappa shape index (κ1) is 20.2. The van der Waals surface area contributed by atoms with E-state index in [0.29, 0.717) is 28.8 Å². The maximum Gasteiger partial charge on any atom is 0.278 e. The fourth-order valence-corrected chi connectivity index (χ4v) is 4.31. The summed E-state index contributed by atoms with van der Waals surface area (Å²) in [6.45, 7) is 8.01. The molecule has 33 heavy (non-hydrogen) atoms. The van der Waals surface area contributed by atoms with Crippen molar-refractivity contribution in [3.63, 3.8) is 0 Å². The molecule has 2 N–H and O–H groups in total. The molecule has 0 amide bonds. The smallest absolute Gasteiger partial charge is 0.278 e. The zero-order chi connectivity index (χ0) is 22.7. The highest BCUT2D eigenvalue weighted by Gasteiger charge is 2.32. The van der Waals surface area contributed by atoms with E-state index in [1.54, 1.807) is 21.8 Å². The zero-order valence-electron chi connectivity index (χ0n) is 19.1. The van der Waals surface area contributed by atoms with Gasteiger partial charge in [-0.25, -0.2) is 14.6 Å². The van der Waals surface area contributed by atoms with Crippen LogP contribution in [0.15, 0.2) is 39.8 Å². The molecular weight excluding hydrogens is 418 g/mol. The lowest BCUT2D eigenvalue weighted by molar-refractivity contribution is 0.371. The fraction of sp³-hybridized carbons (Fsp3) is 0.417. The standard InChI is InChI=1S/C24H27N7O2/c1-24(2,3)22-26-13-19(33-22)31-20-18(21(32)30(31)17-6-7-17)12-27-23(29-20)28-16-5-4-15-11-25-9-8-14(15)10-16/h4-5,10,12-13,17,25H,6-9,11H2,1-3H3,(H,27,28,29). The molecule has 170 valence electrons. The second-order valence-corrected chi connectivity index (χ2v) is 9.91. The van der Waals surface area contributed by atoms with E-state index >= 15 is 0 Å². The third-order valence-corrected chi connectivity index (χ3v) is 6.21. The maximum absolute atomic E-state index is 13.2. The first-order chi connectivity index (χ1) is 15.9. The summed E-state index contributed by atoms with van der Waals surface area (Å²) in [7, 11) is 0. The molecule has 6 rings (SSSR count). The highest BCUT2D eigenvalue weighted by Crippen LogP contribution is 2.36. The topological polar surface area (TPSA) is 103 Å². The molecule has 1 aliphatic heterocycles. The number of fused-ring (bicyclic) bond motifs is 2. The zero-order valence-corrected chi connectivity index (χ0v) is 19.1. The Balaban J connectivity index is 1.44. The van der Waals surface area contributed by atoms with Gasteiger partial charge < -0.3 is 15.1 Å². The Bertz CT molecular complexity index is 1420. The second-order valence-electron chi connectivity index (χ2n) is 9.91. The number of oxazole rings is 1. The average molecular weight is 446 g/mol. The molecule has 4 heterocycles. The van der Waals surface area contributed by atoms with E-state index < -0.39 is 0 Å². The Labute approximate surface area is 190 Å². The van der Waals surface area contributed by atoms with Crippen molar-refractivity contribution in [1.29, 1.82) is 0 Å². The van der Waals surface area contributed by atoms with Crippen LogP contribution in [-0.2, 0) is 18.4 Å². The molecule has 9 nitrogen and oxygen atoms in total. The molecule has 0 unspecified atom stereocenters. The quantitative estimate of drug-likeness (QED) is 0.495. The molecule has 0 radical (unpaired) electrons. The van der Waals surface area contributed by atoms with Gasteiger partial charge in [-0.1, -0.05) is 26.8 Å². The molecule has 0 saturated heterocycles. The summed E-state index contributed by atoms with van der Waals surface area (Å²) in [4.78, 5) is 26.9. The van der Waals surface area contributed by atoms with Gasteiger partial charge in [-0.15, -0.1) is 0 Å². The van der Waals surface area contributed by atoms with Crippen molar-refractivity contribution < 1.29 is 4.42 Å². The lowest BCUT2D eigenvalue weighted by Gasteiger charge is -2.18. The lowest BCUT2D eigenvalue weighted by atomic mass is 9.97. The molecule has 1 fully saturated rings. The molecule has 1 saturated carbocycles. The van der Waals surface area contributed by atoms with Crippen LogP contribution in [0.5, 0.6) is 0 Å². The predicted octanol–water partition coefficient (Wildman–Crippen LogP) is 3.59. The van der Waals surface area contributed by atoms with Gasteiger partial charge in [-0.3, -0.25) is 4.79 Å². The Kier molecular flexibility index (Phi) is 4.45. The van der Waals surface area contributed by atoms with E-state index in [1.165, 1.54) is 11.1 Å². The minimum atomic E-state index is -0.240. The van der Waals surface area contributed by atoms with Gasteiger partial charge in [0.25, 0.3) is 5.56 Å². The maximum atomic E-state index is 13.2. The van der Waals surface area contributed by atoms with Crippen LogP contribution >= 0.6 is 0 Å². The van der Waals surface area contributed by atoms with Crippen molar-refractivity contribution in [2.45, 2.75) is 58.0 Å². The number of anilines is 2. The number of rotatable bonds is 4. The van der Waals surface area contributed by atoms with Crippen LogP contribution in [0.2, 0.25) is 0 Å². The highest BCUT2D eigenvalue weighted by atomic mass is 16.4. The molecule has 1 aliphatic carbocycles. The van der Waals surface area contributed by atoms with E-state index in [0.717, 1.165) is 38.0 Å². The predicted molar refractivity (Wildman–Crippen MR) is 125 cm³/mol. The fourth-order valence-electron chi connectivity index (χ4n) is 4.31. The van der Waals surface area contributed by atoms with Gasteiger partial charge >= 0.3 is 0 Å². The normalized spacial score (nSPS) is 16.2. The molecule has 3 aromatic heterocycles. The summed E-state index contributed by atoms with van der Waals surface area (Å²) in [6.07, 6.45) is 6.19. The van der Waals surface area contributed by atoms with Gasteiger partial charge in [0.1, 0.15) is 5.39 Å². The van der Waals surface area contributed by atoms with E-state index in [2.05, 4.69) is 32.7 Å². The molecule has 1 aromatic carbocycles. The monoisotopic (exact) mass is 445 g/mol. The summed E-state index contributed by atoms with van der Waals surface area (Å²) in [5, 5.41) is 7.18. The molecule has 2 aliphatic rings. The van der Waals surface area contributed by atoms with Gasteiger partial charge in [-0.2, -0.15) is 9.67 Å². The number of benzene rings is 1. The third-order valence-electron chi connectivity index (χ3n) is 6.21. The van der Waals surface area contributed by atoms with Crippen molar-refractivity contribution in [2.75, 3.05) is 11.9 Å². The summed E-state index contributed by atoms with van der Waals surface area (Å²) in [5.74, 6) is 1.54. The summed E-state index contributed by atoms with van der Waals surface area (Å²) < 4.78 is 9.60. The van der Waals surface area contributed by atoms with E-state index in [4.69, 9.17) is 9.40 Å². The van der Waals surface area contributed by atoms with Crippen molar-refractivity contribution in [1.82, 2.24) is 29.6 Å². The number of nitrogens with zero attached hydrogens (tertiary/aromatic N) is 5.